The van der Waals surface area contributed by atoms with E-state index in [0.717, 1.165) is 27.4 Å². The SMILES string of the molecule is COC(CN)CC(=O)Nc1ncc(Cc2ccc(C)c(Cl)c2)s1.Cl. The van der Waals surface area contributed by atoms with Crippen LogP contribution in [-0.2, 0) is 16.0 Å². The first-order valence-electron chi connectivity index (χ1n) is 7.24. The Hall–Kier alpha value is -1.18. The van der Waals surface area contributed by atoms with Crippen LogP contribution in [0.1, 0.15) is 22.4 Å². The summed E-state index contributed by atoms with van der Waals surface area (Å²) in [7, 11) is 1.54. The molecule has 1 aromatic heterocycles. The second-order valence-electron chi connectivity index (χ2n) is 5.24. The molecule has 2 aromatic rings. The Bertz CT molecular complexity index is 675. The maximum atomic E-state index is 11.9. The molecule has 1 atom stereocenters. The molecule has 1 aromatic carbocycles. The van der Waals surface area contributed by atoms with Crippen LogP contribution in [0.2, 0.25) is 5.02 Å². The summed E-state index contributed by atoms with van der Waals surface area (Å²) in [6, 6.07) is 6.00. The van der Waals surface area contributed by atoms with Crippen molar-refractivity contribution in [3.8, 4) is 0 Å². The lowest BCUT2D eigenvalue weighted by Crippen LogP contribution is -2.28. The zero-order valence-corrected chi connectivity index (χ0v) is 15.9. The van der Waals surface area contributed by atoms with Gasteiger partial charge in [0.15, 0.2) is 5.13 Å². The first-order chi connectivity index (χ1) is 11.0. The molecular weight excluding hydrogens is 369 g/mol. The van der Waals surface area contributed by atoms with Gasteiger partial charge in [-0.1, -0.05) is 23.7 Å². The molecule has 1 amide bonds. The van der Waals surface area contributed by atoms with Crippen LogP contribution in [-0.4, -0.2) is 30.6 Å². The van der Waals surface area contributed by atoms with Crippen LogP contribution >= 0.6 is 35.3 Å². The predicted octanol–water partition coefficient (Wildman–Crippen LogP) is 3.42. The molecule has 132 valence electrons. The van der Waals surface area contributed by atoms with Crippen LogP contribution in [0.3, 0.4) is 0 Å². The minimum absolute atomic E-state index is 0. The number of thiazole rings is 1. The fraction of sp³-hybridized carbons (Fsp3) is 0.375. The lowest BCUT2D eigenvalue weighted by atomic mass is 10.1. The maximum absolute atomic E-state index is 11.9. The molecule has 0 saturated heterocycles. The molecule has 0 aliphatic heterocycles. The summed E-state index contributed by atoms with van der Waals surface area (Å²) in [4.78, 5) is 17.2. The van der Waals surface area contributed by atoms with Gasteiger partial charge in [-0.25, -0.2) is 4.98 Å². The molecule has 5 nitrogen and oxygen atoms in total. The number of anilines is 1. The highest BCUT2D eigenvalue weighted by Crippen LogP contribution is 2.24. The standard InChI is InChI=1S/C16H20ClN3O2S.ClH/c1-10-3-4-11(6-14(10)17)5-13-9-19-16(23-13)20-15(21)7-12(8-18)22-2;/h3-4,6,9,12H,5,7-8,18H2,1-2H3,(H,19,20,21);1H. The topological polar surface area (TPSA) is 77.2 Å². The van der Waals surface area contributed by atoms with E-state index in [0.29, 0.717) is 11.7 Å². The number of hydrogen-bond donors (Lipinski definition) is 2. The number of nitrogens with zero attached hydrogens (tertiary/aromatic N) is 1. The van der Waals surface area contributed by atoms with E-state index in [2.05, 4.69) is 10.3 Å². The van der Waals surface area contributed by atoms with Crippen molar-refractivity contribution in [2.24, 2.45) is 5.73 Å². The van der Waals surface area contributed by atoms with Gasteiger partial charge in [0.2, 0.25) is 5.91 Å². The second-order valence-corrected chi connectivity index (χ2v) is 6.76. The van der Waals surface area contributed by atoms with Gasteiger partial charge in [0.1, 0.15) is 0 Å². The van der Waals surface area contributed by atoms with E-state index in [4.69, 9.17) is 22.1 Å². The number of aromatic nitrogens is 1. The normalized spacial score (nSPS) is 11.7. The molecule has 0 spiro atoms. The maximum Gasteiger partial charge on any atom is 0.228 e. The molecular formula is C16H21Cl2N3O2S. The molecule has 0 radical (unpaired) electrons. The average Bonchev–Trinajstić information content (AvgIpc) is 2.95. The molecule has 24 heavy (non-hydrogen) atoms. The molecule has 0 saturated carbocycles. The molecule has 0 aliphatic carbocycles. The smallest absolute Gasteiger partial charge is 0.228 e. The molecule has 0 bridgehead atoms. The number of rotatable bonds is 7. The summed E-state index contributed by atoms with van der Waals surface area (Å²) in [5.74, 6) is -0.151. The van der Waals surface area contributed by atoms with E-state index >= 15 is 0 Å². The third-order valence-electron chi connectivity index (χ3n) is 3.42. The Morgan fingerprint density at radius 1 is 1.50 bits per heavy atom. The van der Waals surface area contributed by atoms with Crippen molar-refractivity contribution in [1.82, 2.24) is 4.98 Å². The number of nitrogens with two attached hydrogens (primary N) is 1. The molecule has 3 N–H and O–H groups in total. The van der Waals surface area contributed by atoms with Crippen molar-refractivity contribution in [3.05, 3.63) is 45.4 Å². The Labute approximate surface area is 157 Å². The number of halogens is 2. The van der Waals surface area contributed by atoms with Crippen LogP contribution < -0.4 is 11.1 Å². The van der Waals surface area contributed by atoms with Gasteiger partial charge < -0.3 is 15.8 Å². The van der Waals surface area contributed by atoms with Crippen molar-refractivity contribution in [2.45, 2.75) is 25.9 Å². The van der Waals surface area contributed by atoms with Crippen LogP contribution in [0.5, 0.6) is 0 Å². The lowest BCUT2D eigenvalue weighted by molar-refractivity contribution is -0.118. The van der Waals surface area contributed by atoms with Gasteiger partial charge in [-0.15, -0.1) is 23.7 Å². The van der Waals surface area contributed by atoms with Gasteiger partial charge in [0.25, 0.3) is 0 Å². The van der Waals surface area contributed by atoms with Gasteiger partial charge in [-0.2, -0.15) is 0 Å². The number of benzene rings is 1. The Morgan fingerprint density at radius 2 is 2.25 bits per heavy atom. The monoisotopic (exact) mass is 389 g/mol. The van der Waals surface area contributed by atoms with Crippen LogP contribution in [0.15, 0.2) is 24.4 Å². The summed E-state index contributed by atoms with van der Waals surface area (Å²) in [5.41, 5.74) is 7.68. The molecule has 8 heteroatoms. The van der Waals surface area contributed by atoms with Crippen molar-refractivity contribution < 1.29 is 9.53 Å². The highest BCUT2D eigenvalue weighted by molar-refractivity contribution is 7.15. The zero-order chi connectivity index (χ0) is 16.8. The van der Waals surface area contributed by atoms with Gasteiger partial charge in [-0.05, 0) is 24.1 Å². The summed E-state index contributed by atoms with van der Waals surface area (Å²) in [5, 5.41) is 4.11. The predicted molar refractivity (Wildman–Crippen MR) is 101 cm³/mol. The third-order valence-corrected chi connectivity index (χ3v) is 4.74. The van der Waals surface area contributed by atoms with Crippen molar-refractivity contribution in [2.75, 3.05) is 19.0 Å². The fourth-order valence-electron chi connectivity index (χ4n) is 2.03. The van der Waals surface area contributed by atoms with E-state index in [1.54, 1.807) is 13.3 Å². The minimum atomic E-state index is -0.274. The lowest BCUT2D eigenvalue weighted by Gasteiger charge is -2.11. The van der Waals surface area contributed by atoms with Gasteiger partial charge in [0, 0.05) is 36.2 Å². The summed E-state index contributed by atoms with van der Waals surface area (Å²) in [6.45, 7) is 2.28. The largest absolute Gasteiger partial charge is 0.380 e. The van der Waals surface area contributed by atoms with Crippen LogP contribution in [0.4, 0.5) is 5.13 Å². The number of amides is 1. The van der Waals surface area contributed by atoms with Crippen molar-refractivity contribution >= 4 is 46.4 Å². The molecule has 1 unspecified atom stereocenters. The van der Waals surface area contributed by atoms with Crippen molar-refractivity contribution in [1.29, 1.82) is 0 Å². The van der Waals surface area contributed by atoms with Gasteiger partial charge >= 0.3 is 0 Å². The molecule has 2 rings (SSSR count). The number of nitrogens with one attached hydrogen (secondary N) is 1. The Morgan fingerprint density at radius 3 is 2.88 bits per heavy atom. The third kappa shape index (κ3) is 6.03. The summed E-state index contributed by atoms with van der Waals surface area (Å²) >= 11 is 7.59. The number of carbonyl (C=O) groups is 1. The van der Waals surface area contributed by atoms with E-state index in [1.165, 1.54) is 11.3 Å². The average molecular weight is 390 g/mol. The number of methoxy groups -OCH3 is 1. The minimum Gasteiger partial charge on any atom is -0.380 e. The van der Waals surface area contributed by atoms with Crippen LogP contribution in [0, 0.1) is 6.92 Å². The molecule has 0 fully saturated rings. The van der Waals surface area contributed by atoms with E-state index < -0.39 is 0 Å². The van der Waals surface area contributed by atoms with E-state index in [9.17, 15) is 4.79 Å². The zero-order valence-electron chi connectivity index (χ0n) is 13.5. The molecule has 1 heterocycles. The Kier molecular flexibility index (Phi) is 8.66. The number of ether oxygens (including phenoxy) is 1. The number of hydrogen-bond acceptors (Lipinski definition) is 5. The van der Waals surface area contributed by atoms with E-state index in [-0.39, 0.29) is 30.8 Å². The first kappa shape index (κ1) is 20.9. The first-order valence-corrected chi connectivity index (χ1v) is 8.43. The van der Waals surface area contributed by atoms with Gasteiger partial charge in [0.05, 0.1) is 12.5 Å². The quantitative estimate of drug-likeness (QED) is 0.760. The van der Waals surface area contributed by atoms with E-state index in [1.807, 2.05) is 25.1 Å². The summed E-state index contributed by atoms with van der Waals surface area (Å²) < 4.78 is 5.10. The number of aryl methyl sites for hydroxylation is 1. The van der Waals surface area contributed by atoms with Gasteiger partial charge in [-0.3, -0.25) is 4.79 Å². The molecule has 0 aliphatic rings. The second kappa shape index (κ2) is 9.96. The summed E-state index contributed by atoms with van der Waals surface area (Å²) in [6.07, 6.45) is 2.45. The fourth-order valence-corrected chi connectivity index (χ4v) is 3.10. The highest BCUT2D eigenvalue weighted by Gasteiger charge is 2.13. The highest BCUT2D eigenvalue weighted by atomic mass is 35.5. The Balaban J connectivity index is 0.00000288. The van der Waals surface area contributed by atoms with Crippen molar-refractivity contribution in [3.63, 3.8) is 0 Å². The van der Waals surface area contributed by atoms with Crippen LogP contribution in [0.25, 0.3) is 0 Å². The number of carbonyl (C=O) groups excluding carboxylic acids is 1.